The van der Waals surface area contributed by atoms with Crippen molar-refractivity contribution >= 4 is 16.8 Å². The average molecular weight is 335 g/mol. The number of para-hydroxylation sites is 1. The molecule has 0 radical (unpaired) electrons. The van der Waals surface area contributed by atoms with Crippen molar-refractivity contribution in [1.29, 1.82) is 0 Å². The number of rotatable bonds is 6. The molecule has 5 nitrogen and oxygen atoms in total. The fraction of sp³-hybridized carbons (Fsp3) is 0.250. The molecule has 0 unspecified atom stereocenters. The molecule has 1 aromatic carbocycles. The van der Waals surface area contributed by atoms with E-state index in [1.165, 1.54) is 0 Å². The Kier molecular flexibility index (Phi) is 5.23. The number of benzene rings is 1. The second-order valence-electron chi connectivity index (χ2n) is 6.10. The van der Waals surface area contributed by atoms with E-state index >= 15 is 0 Å². The summed E-state index contributed by atoms with van der Waals surface area (Å²) in [5.74, 6) is 0.0310. The van der Waals surface area contributed by atoms with Gasteiger partial charge in [-0.3, -0.25) is 14.6 Å². The Bertz CT molecular complexity index is 919. The zero-order valence-corrected chi connectivity index (χ0v) is 14.2. The molecule has 2 aromatic heterocycles. The Labute approximate surface area is 146 Å². The third-order valence-corrected chi connectivity index (χ3v) is 4.29. The Hall–Kier alpha value is -2.95. The summed E-state index contributed by atoms with van der Waals surface area (Å²) in [4.78, 5) is 33.3. The average Bonchev–Trinajstić information content (AvgIpc) is 2.65. The number of nitrogens with zero attached hydrogens (tertiary/aromatic N) is 2. The summed E-state index contributed by atoms with van der Waals surface area (Å²) >= 11 is 0. The SMILES string of the molecule is CN(CCc1ccccn1)C(=O)CCc1cc2ccccc2[nH]c1=O. The van der Waals surface area contributed by atoms with Crippen LogP contribution in [0.4, 0.5) is 0 Å². The monoisotopic (exact) mass is 335 g/mol. The molecular formula is C20H21N3O2. The third-order valence-electron chi connectivity index (χ3n) is 4.29. The number of pyridine rings is 2. The van der Waals surface area contributed by atoms with Crippen molar-refractivity contribution in [2.45, 2.75) is 19.3 Å². The van der Waals surface area contributed by atoms with Crippen LogP contribution >= 0.6 is 0 Å². The molecule has 0 atom stereocenters. The van der Waals surface area contributed by atoms with E-state index < -0.39 is 0 Å². The summed E-state index contributed by atoms with van der Waals surface area (Å²) in [5, 5.41) is 0.980. The molecule has 0 saturated carbocycles. The van der Waals surface area contributed by atoms with Crippen LogP contribution in [-0.4, -0.2) is 34.4 Å². The lowest BCUT2D eigenvalue weighted by Gasteiger charge is -2.16. The summed E-state index contributed by atoms with van der Waals surface area (Å²) in [5.41, 5.74) is 2.30. The number of nitrogens with one attached hydrogen (secondary N) is 1. The minimum atomic E-state index is -0.123. The molecular weight excluding hydrogens is 314 g/mol. The first-order chi connectivity index (χ1) is 12.1. The van der Waals surface area contributed by atoms with E-state index in [0.717, 1.165) is 23.0 Å². The topological polar surface area (TPSA) is 66.1 Å². The fourth-order valence-electron chi connectivity index (χ4n) is 2.76. The predicted molar refractivity (Wildman–Crippen MR) is 98.5 cm³/mol. The van der Waals surface area contributed by atoms with Crippen molar-refractivity contribution in [1.82, 2.24) is 14.9 Å². The number of hydrogen-bond donors (Lipinski definition) is 1. The van der Waals surface area contributed by atoms with Crippen LogP contribution < -0.4 is 5.56 Å². The number of likely N-dealkylation sites (N-methyl/N-ethyl adjacent to an activating group) is 1. The molecule has 0 bridgehead atoms. The second kappa shape index (κ2) is 7.75. The molecule has 3 rings (SSSR count). The molecule has 0 aliphatic carbocycles. The van der Waals surface area contributed by atoms with Crippen LogP contribution in [0, 0.1) is 0 Å². The maximum Gasteiger partial charge on any atom is 0.251 e. The van der Waals surface area contributed by atoms with Crippen LogP contribution in [0.5, 0.6) is 0 Å². The largest absolute Gasteiger partial charge is 0.345 e. The second-order valence-corrected chi connectivity index (χ2v) is 6.10. The normalized spacial score (nSPS) is 10.8. The van der Waals surface area contributed by atoms with Gasteiger partial charge in [0, 0.05) is 49.4 Å². The van der Waals surface area contributed by atoms with Gasteiger partial charge in [0.05, 0.1) is 0 Å². The van der Waals surface area contributed by atoms with Crippen molar-refractivity contribution in [3.8, 4) is 0 Å². The molecule has 5 heteroatoms. The van der Waals surface area contributed by atoms with Crippen molar-refractivity contribution in [3.05, 3.63) is 76.3 Å². The molecule has 0 aliphatic rings. The van der Waals surface area contributed by atoms with Gasteiger partial charge in [-0.05, 0) is 36.1 Å². The molecule has 0 aliphatic heterocycles. The highest BCUT2D eigenvalue weighted by Crippen LogP contribution is 2.11. The van der Waals surface area contributed by atoms with E-state index in [2.05, 4.69) is 9.97 Å². The highest BCUT2D eigenvalue weighted by molar-refractivity contribution is 5.79. The third kappa shape index (κ3) is 4.32. The summed E-state index contributed by atoms with van der Waals surface area (Å²) in [6.45, 7) is 0.615. The van der Waals surface area contributed by atoms with Gasteiger partial charge in [-0.15, -0.1) is 0 Å². The Balaban J connectivity index is 1.58. The highest BCUT2D eigenvalue weighted by Gasteiger charge is 2.11. The fourth-order valence-corrected chi connectivity index (χ4v) is 2.76. The standard InChI is InChI=1S/C20H21N3O2/c1-23(13-11-17-7-4-5-12-21-17)19(24)10-9-16-14-15-6-2-3-8-18(15)22-20(16)25/h2-8,12,14H,9-11,13H2,1H3,(H,22,25). The number of carbonyl (C=O) groups excluding carboxylic acids is 1. The van der Waals surface area contributed by atoms with Crippen LogP contribution in [0.3, 0.4) is 0 Å². The minimum Gasteiger partial charge on any atom is -0.345 e. The van der Waals surface area contributed by atoms with E-state index in [1.54, 1.807) is 18.1 Å². The number of carbonyl (C=O) groups is 1. The van der Waals surface area contributed by atoms with Crippen molar-refractivity contribution < 1.29 is 4.79 Å². The lowest BCUT2D eigenvalue weighted by molar-refractivity contribution is -0.129. The molecule has 0 fully saturated rings. The molecule has 128 valence electrons. The maximum absolute atomic E-state index is 12.3. The zero-order chi connectivity index (χ0) is 17.6. The molecule has 0 saturated heterocycles. The van der Waals surface area contributed by atoms with Gasteiger partial charge in [-0.1, -0.05) is 24.3 Å². The Morgan fingerprint density at radius 2 is 1.92 bits per heavy atom. The number of aryl methyl sites for hydroxylation is 1. The zero-order valence-electron chi connectivity index (χ0n) is 14.2. The van der Waals surface area contributed by atoms with E-state index in [0.29, 0.717) is 24.9 Å². The van der Waals surface area contributed by atoms with Crippen molar-refractivity contribution in [3.63, 3.8) is 0 Å². The molecule has 25 heavy (non-hydrogen) atoms. The number of hydrogen-bond acceptors (Lipinski definition) is 3. The van der Waals surface area contributed by atoms with Gasteiger partial charge in [0.15, 0.2) is 0 Å². The number of H-pyrrole nitrogens is 1. The summed E-state index contributed by atoms with van der Waals surface area (Å²) in [6.07, 6.45) is 3.23. The van der Waals surface area contributed by atoms with Crippen molar-refractivity contribution in [2.75, 3.05) is 13.6 Å². The quantitative estimate of drug-likeness (QED) is 0.753. The summed E-state index contributed by atoms with van der Waals surface area (Å²) < 4.78 is 0. The minimum absolute atomic E-state index is 0.0310. The predicted octanol–water partition coefficient (Wildman–Crippen LogP) is 2.56. The van der Waals surface area contributed by atoms with Gasteiger partial charge in [0.2, 0.25) is 5.91 Å². The van der Waals surface area contributed by atoms with Crippen LogP contribution in [0.15, 0.2) is 59.5 Å². The maximum atomic E-state index is 12.3. The van der Waals surface area contributed by atoms with Gasteiger partial charge < -0.3 is 9.88 Å². The molecule has 2 heterocycles. The number of aromatic amines is 1. The first-order valence-corrected chi connectivity index (χ1v) is 8.38. The van der Waals surface area contributed by atoms with Crippen LogP contribution in [0.25, 0.3) is 10.9 Å². The lowest BCUT2D eigenvalue weighted by atomic mass is 10.1. The highest BCUT2D eigenvalue weighted by atomic mass is 16.2. The molecule has 1 N–H and O–H groups in total. The van der Waals surface area contributed by atoms with Gasteiger partial charge >= 0.3 is 0 Å². The van der Waals surface area contributed by atoms with Gasteiger partial charge in [-0.2, -0.15) is 0 Å². The van der Waals surface area contributed by atoms with E-state index in [-0.39, 0.29) is 11.5 Å². The Morgan fingerprint density at radius 3 is 2.72 bits per heavy atom. The van der Waals surface area contributed by atoms with Gasteiger partial charge in [0.25, 0.3) is 5.56 Å². The first-order valence-electron chi connectivity index (χ1n) is 8.38. The van der Waals surface area contributed by atoms with E-state index in [1.807, 2.05) is 48.5 Å². The first kappa shape index (κ1) is 16.9. The van der Waals surface area contributed by atoms with Crippen LogP contribution in [-0.2, 0) is 17.6 Å². The van der Waals surface area contributed by atoms with Crippen LogP contribution in [0.2, 0.25) is 0 Å². The number of fused-ring (bicyclic) bond motifs is 1. The number of aromatic nitrogens is 2. The smallest absolute Gasteiger partial charge is 0.251 e. The Morgan fingerprint density at radius 1 is 1.12 bits per heavy atom. The molecule has 1 amide bonds. The van der Waals surface area contributed by atoms with E-state index in [4.69, 9.17) is 0 Å². The van der Waals surface area contributed by atoms with Crippen molar-refractivity contribution in [2.24, 2.45) is 0 Å². The lowest BCUT2D eigenvalue weighted by Crippen LogP contribution is -2.29. The molecule has 0 spiro atoms. The van der Waals surface area contributed by atoms with Crippen LogP contribution in [0.1, 0.15) is 17.7 Å². The summed E-state index contributed by atoms with van der Waals surface area (Å²) in [6, 6.07) is 15.3. The summed E-state index contributed by atoms with van der Waals surface area (Å²) in [7, 11) is 1.79. The van der Waals surface area contributed by atoms with Gasteiger partial charge in [0.1, 0.15) is 0 Å². The molecule has 3 aromatic rings. The van der Waals surface area contributed by atoms with Gasteiger partial charge in [-0.25, -0.2) is 0 Å². The van der Waals surface area contributed by atoms with E-state index in [9.17, 15) is 9.59 Å². The number of amides is 1.